The van der Waals surface area contributed by atoms with Gasteiger partial charge in [0.05, 0.1) is 12.0 Å². The fourth-order valence-corrected chi connectivity index (χ4v) is 9.90. The van der Waals surface area contributed by atoms with Crippen LogP contribution >= 0.6 is 35.6 Å². The van der Waals surface area contributed by atoms with Gasteiger partial charge in [-0.2, -0.15) is 0 Å². The molecule has 0 N–H and O–H groups in total. The van der Waals surface area contributed by atoms with Crippen LogP contribution in [0.25, 0.3) is 11.1 Å². The molecule has 0 heterocycles. The maximum atomic E-state index is 6.05. The number of rotatable bonds is 17. The topological polar surface area (TPSA) is 9.23 Å². The third-order valence-electron chi connectivity index (χ3n) is 12.2. The number of thioether (sulfide) groups is 1. The zero-order valence-electron chi connectivity index (χ0n) is 35.4. The largest absolute Gasteiger partial charge is 0.421 e. The maximum absolute atomic E-state index is 6.05. The van der Waals surface area contributed by atoms with Gasteiger partial charge in [-0.15, -0.1) is 11.8 Å². The molecule has 0 radical (unpaired) electrons. The Labute approximate surface area is 357 Å². The van der Waals surface area contributed by atoms with Crippen molar-refractivity contribution in [1.29, 1.82) is 0 Å². The fraction of sp³-hybridized carbons (Fsp3) is 0.321. The van der Waals surface area contributed by atoms with E-state index in [-0.39, 0.29) is 15.6 Å². The first-order chi connectivity index (χ1) is 27.4. The minimum atomic E-state index is -0.124. The summed E-state index contributed by atoms with van der Waals surface area (Å²) in [6.07, 6.45) is 4.70. The molecule has 1 nitrogen and oxygen atoms in total. The van der Waals surface area contributed by atoms with E-state index in [4.69, 9.17) is 4.18 Å². The molecule has 0 spiro atoms. The summed E-state index contributed by atoms with van der Waals surface area (Å²) >= 11 is 5.15. The zero-order chi connectivity index (χ0) is 40.6. The van der Waals surface area contributed by atoms with Crippen LogP contribution in [0.4, 0.5) is 0 Å². The van der Waals surface area contributed by atoms with Gasteiger partial charge in [-0.1, -0.05) is 159 Å². The Hall–Kier alpha value is -3.83. The van der Waals surface area contributed by atoms with E-state index in [0.29, 0.717) is 5.92 Å². The lowest BCUT2D eigenvalue weighted by molar-refractivity contribution is 0.599. The molecule has 296 valence electrons. The van der Waals surface area contributed by atoms with Gasteiger partial charge in [-0.25, -0.2) is 0 Å². The Morgan fingerprint density at radius 2 is 0.807 bits per heavy atom. The van der Waals surface area contributed by atoms with Crippen LogP contribution in [0.3, 0.4) is 0 Å². The number of hydrogen-bond donors (Lipinski definition) is 0. The van der Waals surface area contributed by atoms with E-state index >= 15 is 0 Å². The zero-order valence-corrected chi connectivity index (χ0v) is 37.8. The standard InChI is InChI=1S/C53H60OS3/c1-10-38(11-2)39-14-20-42(21-15-39)51(5,6)43-22-16-40(17-23-43)41-18-24-44(25-19-41)52(7,8)45-26-30-47(31-27-45)55-48-32-28-46(29-33-48)54-57-50-36-34-49(35-37-50)56-53(9,12-3)13-4/h14-38H,10-13H2,1-9H3. The van der Waals surface area contributed by atoms with Crippen LogP contribution in [0.5, 0.6) is 5.75 Å². The molecular weight excluding hydrogens is 749 g/mol. The first-order valence-electron chi connectivity index (χ1n) is 20.7. The minimum absolute atomic E-state index is 0.0648. The van der Waals surface area contributed by atoms with Crippen molar-refractivity contribution in [3.05, 3.63) is 173 Å². The fourth-order valence-electron chi connectivity index (χ4n) is 7.40. The van der Waals surface area contributed by atoms with Gasteiger partial charge in [0.2, 0.25) is 0 Å². The van der Waals surface area contributed by atoms with E-state index < -0.39 is 0 Å². The van der Waals surface area contributed by atoms with Crippen LogP contribution in [0.1, 0.15) is 122 Å². The van der Waals surface area contributed by atoms with Crippen molar-refractivity contribution in [2.75, 3.05) is 0 Å². The van der Waals surface area contributed by atoms with Gasteiger partial charge in [-0.05, 0) is 131 Å². The lowest BCUT2D eigenvalue weighted by atomic mass is 9.76. The second kappa shape index (κ2) is 18.8. The summed E-state index contributed by atoms with van der Waals surface area (Å²) in [6.45, 7) is 20.8. The molecule has 6 rings (SSSR count). The predicted molar refractivity (Wildman–Crippen MR) is 251 cm³/mol. The normalized spacial score (nSPS) is 12.2. The van der Waals surface area contributed by atoms with Gasteiger partial charge in [0.1, 0.15) is 5.75 Å². The van der Waals surface area contributed by atoms with Crippen molar-refractivity contribution in [1.82, 2.24) is 0 Å². The van der Waals surface area contributed by atoms with Crippen molar-refractivity contribution in [2.24, 2.45) is 0 Å². The predicted octanol–water partition coefficient (Wildman–Crippen LogP) is 16.8. The summed E-state index contributed by atoms with van der Waals surface area (Å²) in [4.78, 5) is 4.82. The second-order valence-corrected chi connectivity index (χ2v) is 20.1. The van der Waals surface area contributed by atoms with Gasteiger partial charge in [0.25, 0.3) is 0 Å². The highest BCUT2D eigenvalue weighted by Gasteiger charge is 2.25. The van der Waals surface area contributed by atoms with E-state index in [1.807, 2.05) is 11.8 Å². The van der Waals surface area contributed by atoms with Gasteiger partial charge in [-0.3, -0.25) is 0 Å². The van der Waals surface area contributed by atoms with Crippen LogP contribution in [0, 0.1) is 0 Å². The molecule has 0 saturated heterocycles. The molecule has 0 aliphatic heterocycles. The van der Waals surface area contributed by atoms with Gasteiger partial charge in [0, 0.05) is 35.2 Å². The Balaban J connectivity index is 1.03. The molecule has 0 saturated carbocycles. The molecule has 6 aromatic rings. The quantitative estimate of drug-likeness (QED) is 0.0670. The number of benzene rings is 6. The third-order valence-corrected chi connectivity index (χ3v) is 15.5. The average molecular weight is 809 g/mol. The van der Waals surface area contributed by atoms with E-state index in [2.05, 4.69) is 208 Å². The Morgan fingerprint density at radius 3 is 1.23 bits per heavy atom. The molecular formula is C53H60OS3. The molecule has 0 aromatic heterocycles. The highest BCUT2D eigenvalue weighted by molar-refractivity contribution is 8.00. The highest BCUT2D eigenvalue weighted by Crippen LogP contribution is 2.40. The summed E-state index contributed by atoms with van der Waals surface area (Å²) in [5, 5.41) is 0. The first kappa shape index (κ1) is 42.8. The smallest absolute Gasteiger partial charge is 0.137 e. The molecule has 0 bridgehead atoms. The molecule has 0 aliphatic rings. The van der Waals surface area contributed by atoms with Gasteiger partial charge < -0.3 is 4.18 Å². The monoisotopic (exact) mass is 808 g/mol. The summed E-state index contributed by atoms with van der Waals surface area (Å²) in [5.74, 6) is 1.50. The Kier molecular flexibility index (Phi) is 14.1. The summed E-state index contributed by atoms with van der Waals surface area (Å²) in [6, 6.07) is 53.8. The lowest BCUT2D eigenvalue weighted by Gasteiger charge is -2.27. The van der Waals surface area contributed by atoms with Crippen LogP contribution in [0.15, 0.2) is 165 Å². The van der Waals surface area contributed by atoms with Crippen molar-refractivity contribution in [3.8, 4) is 16.9 Å². The molecule has 0 fully saturated rings. The van der Waals surface area contributed by atoms with Crippen molar-refractivity contribution in [2.45, 2.75) is 129 Å². The molecule has 0 atom stereocenters. The van der Waals surface area contributed by atoms with E-state index in [9.17, 15) is 0 Å². The Morgan fingerprint density at radius 1 is 0.439 bits per heavy atom. The first-order valence-corrected chi connectivity index (χ1v) is 23.1. The van der Waals surface area contributed by atoms with E-state index in [1.54, 1.807) is 11.8 Å². The van der Waals surface area contributed by atoms with E-state index in [1.165, 1.54) is 78.5 Å². The molecule has 0 aliphatic carbocycles. The van der Waals surface area contributed by atoms with Gasteiger partial charge >= 0.3 is 0 Å². The second-order valence-electron chi connectivity index (χ2n) is 16.5. The molecule has 4 heteroatoms. The highest BCUT2D eigenvalue weighted by atomic mass is 32.2. The third kappa shape index (κ3) is 10.4. The molecule has 0 amide bonds. The van der Waals surface area contributed by atoms with Gasteiger partial charge in [0.15, 0.2) is 0 Å². The minimum Gasteiger partial charge on any atom is -0.421 e. The summed E-state index contributed by atoms with van der Waals surface area (Å²) in [5.41, 5.74) is 9.05. The van der Waals surface area contributed by atoms with Crippen molar-refractivity contribution >= 4 is 35.6 Å². The SMILES string of the molecule is CCC(CC)c1ccc(C(C)(C)c2ccc(-c3ccc(C(C)(C)c4ccc(Sc5ccc(OSc6ccc(SC(C)(CC)CC)cc6)cc5)cc4)cc3)cc2)cc1. The van der Waals surface area contributed by atoms with Crippen LogP contribution in [0.2, 0.25) is 0 Å². The van der Waals surface area contributed by atoms with Crippen molar-refractivity contribution < 1.29 is 4.18 Å². The van der Waals surface area contributed by atoms with Crippen LogP contribution in [-0.2, 0) is 10.8 Å². The summed E-state index contributed by atoms with van der Waals surface area (Å²) in [7, 11) is 0. The van der Waals surface area contributed by atoms with E-state index in [0.717, 1.165) is 23.5 Å². The molecule has 6 aromatic carbocycles. The van der Waals surface area contributed by atoms with Crippen LogP contribution < -0.4 is 4.18 Å². The average Bonchev–Trinajstić information content (AvgIpc) is 3.25. The molecule has 0 unspecified atom stereocenters. The maximum Gasteiger partial charge on any atom is 0.137 e. The van der Waals surface area contributed by atoms with Crippen molar-refractivity contribution in [3.63, 3.8) is 0 Å². The summed E-state index contributed by atoms with van der Waals surface area (Å²) < 4.78 is 6.34. The molecule has 57 heavy (non-hydrogen) atoms. The number of hydrogen-bond acceptors (Lipinski definition) is 4. The van der Waals surface area contributed by atoms with Crippen LogP contribution in [-0.4, -0.2) is 4.75 Å². The Bertz CT molecular complexity index is 2140. The lowest BCUT2D eigenvalue weighted by Crippen LogP contribution is -2.19.